The minimum atomic E-state index is 0.177. The Balaban J connectivity index is 2.02. The highest BCUT2D eigenvalue weighted by Crippen LogP contribution is 2.37. The van der Waals surface area contributed by atoms with E-state index in [1.165, 1.54) is 10.4 Å². The van der Waals surface area contributed by atoms with Crippen LogP contribution in [-0.4, -0.2) is 23.2 Å². The number of nitrogens with one attached hydrogen (secondary N) is 1. The predicted molar refractivity (Wildman–Crippen MR) is 89.7 cm³/mol. The molecule has 3 rings (SSSR count). The molecule has 0 amide bonds. The van der Waals surface area contributed by atoms with Gasteiger partial charge >= 0.3 is 0 Å². The molecule has 2 heterocycles. The van der Waals surface area contributed by atoms with Gasteiger partial charge in [-0.25, -0.2) is 4.98 Å². The molecule has 3 aromatic rings. The number of anilines is 2. The summed E-state index contributed by atoms with van der Waals surface area (Å²) in [4.78, 5) is 5.58. The number of nitrogen functional groups attached to an aromatic ring is 1. The number of hydrogen-bond donors (Lipinski definition) is 3. The molecule has 0 spiro atoms. The highest BCUT2D eigenvalue weighted by molar-refractivity contribution is 7.22. The maximum atomic E-state index is 8.89. The number of aliphatic hydroxyl groups is 1. The van der Waals surface area contributed by atoms with Crippen LogP contribution in [0.1, 0.15) is 6.42 Å². The number of fused-ring (bicyclic) bond motifs is 1. The van der Waals surface area contributed by atoms with Gasteiger partial charge in [0.2, 0.25) is 0 Å². The van der Waals surface area contributed by atoms with Crippen LogP contribution in [0, 0.1) is 0 Å². The van der Waals surface area contributed by atoms with E-state index < -0.39 is 0 Å². The maximum absolute atomic E-state index is 8.89. The largest absolute Gasteiger partial charge is 0.396 e. The van der Waals surface area contributed by atoms with Gasteiger partial charge in [0, 0.05) is 24.1 Å². The summed E-state index contributed by atoms with van der Waals surface area (Å²) in [7, 11) is 0. The van der Waals surface area contributed by atoms with Crippen molar-refractivity contribution in [3.63, 3.8) is 0 Å². The van der Waals surface area contributed by atoms with Gasteiger partial charge in [0.1, 0.15) is 5.82 Å². The van der Waals surface area contributed by atoms with Crippen molar-refractivity contribution in [3.05, 3.63) is 42.5 Å². The molecule has 2 aromatic heterocycles. The molecule has 0 aliphatic heterocycles. The first kappa shape index (κ1) is 13.9. The lowest BCUT2D eigenvalue weighted by Crippen LogP contribution is -2.04. The molecule has 0 bridgehead atoms. The Kier molecular flexibility index (Phi) is 4.03. The SMILES string of the molecule is Nc1cc(NCCCO)c2sc(-c3ccccc3)cc2n1. The molecule has 0 saturated carbocycles. The third kappa shape index (κ3) is 2.99. The second kappa shape index (κ2) is 6.11. The number of benzene rings is 1. The fourth-order valence-corrected chi connectivity index (χ4v) is 3.31. The van der Waals surface area contributed by atoms with E-state index >= 15 is 0 Å². The van der Waals surface area contributed by atoms with E-state index in [1.807, 2.05) is 24.3 Å². The monoisotopic (exact) mass is 299 g/mol. The van der Waals surface area contributed by atoms with Crippen LogP contribution >= 0.6 is 11.3 Å². The molecule has 0 aliphatic rings. The summed E-state index contributed by atoms with van der Waals surface area (Å²) in [6.45, 7) is 0.893. The smallest absolute Gasteiger partial charge is 0.126 e. The highest BCUT2D eigenvalue weighted by atomic mass is 32.1. The minimum Gasteiger partial charge on any atom is -0.396 e. The molecule has 4 N–H and O–H groups in total. The first-order valence-corrected chi connectivity index (χ1v) is 7.70. The number of nitrogens with two attached hydrogens (primary N) is 1. The van der Waals surface area contributed by atoms with E-state index in [1.54, 1.807) is 11.3 Å². The lowest BCUT2D eigenvalue weighted by molar-refractivity contribution is 0.292. The molecule has 0 fully saturated rings. The Hall–Kier alpha value is -2.11. The summed E-state index contributed by atoms with van der Waals surface area (Å²) in [6, 6.07) is 14.2. The number of hydrogen-bond acceptors (Lipinski definition) is 5. The molecule has 0 aliphatic carbocycles. The zero-order valence-electron chi connectivity index (χ0n) is 11.5. The Morgan fingerprint density at radius 3 is 2.76 bits per heavy atom. The van der Waals surface area contributed by atoms with Gasteiger partial charge < -0.3 is 16.2 Å². The topological polar surface area (TPSA) is 71.2 Å². The number of aromatic nitrogens is 1. The highest BCUT2D eigenvalue weighted by Gasteiger charge is 2.10. The summed E-state index contributed by atoms with van der Waals surface area (Å²) in [5.41, 5.74) is 8.95. The fourth-order valence-electron chi connectivity index (χ4n) is 2.22. The average molecular weight is 299 g/mol. The Morgan fingerprint density at radius 2 is 2.00 bits per heavy atom. The molecule has 108 valence electrons. The first-order valence-electron chi connectivity index (χ1n) is 6.88. The van der Waals surface area contributed by atoms with Gasteiger partial charge in [-0.3, -0.25) is 0 Å². The van der Waals surface area contributed by atoms with Gasteiger partial charge in [-0.2, -0.15) is 0 Å². The van der Waals surface area contributed by atoms with Crippen molar-refractivity contribution >= 4 is 33.1 Å². The number of rotatable bonds is 5. The molecule has 1 aromatic carbocycles. The van der Waals surface area contributed by atoms with Gasteiger partial charge in [-0.15, -0.1) is 11.3 Å². The van der Waals surface area contributed by atoms with E-state index in [0.717, 1.165) is 15.9 Å². The molecule has 0 atom stereocenters. The molecular formula is C16H17N3OS. The lowest BCUT2D eigenvalue weighted by atomic mass is 10.2. The number of aliphatic hydroxyl groups excluding tert-OH is 1. The van der Waals surface area contributed by atoms with Gasteiger partial charge in [-0.1, -0.05) is 30.3 Å². The number of thiophene rings is 1. The molecule has 0 saturated heterocycles. The van der Waals surface area contributed by atoms with Gasteiger partial charge in [0.25, 0.3) is 0 Å². The van der Waals surface area contributed by atoms with Crippen LogP contribution < -0.4 is 11.1 Å². The summed E-state index contributed by atoms with van der Waals surface area (Å²) < 4.78 is 1.10. The Morgan fingerprint density at radius 1 is 1.19 bits per heavy atom. The van der Waals surface area contributed by atoms with Crippen LogP contribution in [0.4, 0.5) is 11.5 Å². The quantitative estimate of drug-likeness (QED) is 0.632. The van der Waals surface area contributed by atoms with Gasteiger partial charge in [0.15, 0.2) is 0 Å². The minimum absolute atomic E-state index is 0.177. The van der Waals surface area contributed by atoms with Crippen molar-refractivity contribution in [2.24, 2.45) is 0 Å². The molecule has 4 nitrogen and oxygen atoms in total. The third-order valence-electron chi connectivity index (χ3n) is 3.21. The average Bonchev–Trinajstić information content (AvgIpc) is 2.92. The zero-order valence-corrected chi connectivity index (χ0v) is 12.4. The van der Waals surface area contributed by atoms with Crippen LogP contribution in [0.2, 0.25) is 0 Å². The predicted octanol–water partition coefficient (Wildman–Crippen LogP) is 3.34. The van der Waals surface area contributed by atoms with Crippen molar-refractivity contribution in [1.29, 1.82) is 0 Å². The van der Waals surface area contributed by atoms with Crippen LogP contribution in [-0.2, 0) is 0 Å². The Bertz CT molecular complexity index is 740. The van der Waals surface area contributed by atoms with E-state index in [-0.39, 0.29) is 6.61 Å². The summed E-state index contributed by atoms with van der Waals surface area (Å²) in [5.74, 6) is 0.506. The fraction of sp³-hybridized carbons (Fsp3) is 0.188. The van der Waals surface area contributed by atoms with Gasteiger partial charge in [-0.05, 0) is 18.1 Å². The van der Waals surface area contributed by atoms with Crippen LogP contribution in [0.5, 0.6) is 0 Å². The first-order chi connectivity index (χ1) is 10.3. The van der Waals surface area contributed by atoms with Crippen molar-refractivity contribution < 1.29 is 5.11 Å². The lowest BCUT2D eigenvalue weighted by Gasteiger charge is -2.07. The molecule has 5 heteroatoms. The van der Waals surface area contributed by atoms with Crippen LogP contribution in [0.15, 0.2) is 42.5 Å². The summed E-state index contributed by atoms with van der Waals surface area (Å²) >= 11 is 1.70. The standard InChI is InChI=1S/C16H17N3OS/c17-15-10-12(18-7-4-8-20)16-13(19-15)9-14(21-16)11-5-2-1-3-6-11/h1-3,5-6,9-10,20H,4,7-8H2,(H3,17,18,19). The molecular weight excluding hydrogens is 282 g/mol. The van der Waals surface area contributed by atoms with E-state index in [4.69, 9.17) is 10.8 Å². The van der Waals surface area contributed by atoms with Crippen molar-refractivity contribution in [2.45, 2.75) is 6.42 Å². The second-order valence-corrected chi connectivity index (χ2v) is 5.84. The van der Waals surface area contributed by atoms with Crippen molar-refractivity contribution in [3.8, 4) is 10.4 Å². The summed E-state index contributed by atoms with van der Waals surface area (Å²) in [5, 5.41) is 12.2. The molecule has 0 radical (unpaired) electrons. The molecule has 0 unspecified atom stereocenters. The van der Waals surface area contributed by atoms with Crippen molar-refractivity contribution in [2.75, 3.05) is 24.2 Å². The van der Waals surface area contributed by atoms with E-state index in [0.29, 0.717) is 18.8 Å². The summed E-state index contributed by atoms with van der Waals surface area (Å²) in [6.07, 6.45) is 0.709. The molecule has 21 heavy (non-hydrogen) atoms. The zero-order chi connectivity index (χ0) is 14.7. The normalized spacial score (nSPS) is 10.9. The van der Waals surface area contributed by atoms with E-state index in [2.05, 4.69) is 28.5 Å². The maximum Gasteiger partial charge on any atom is 0.126 e. The number of nitrogens with zero attached hydrogens (tertiary/aromatic N) is 1. The van der Waals surface area contributed by atoms with Crippen LogP contribution in [0.25, 0.3) is 20.7 Å². The second-order valence-electron chi connectivity index (χ2n) is 4.79. The number of pyridine rings is 1. The Labute approximate surface area is 127 Å². The van der Waals surface area contributed by atoms with Crippen molar-refractivity contribution in [1.82, 2.24) is 4.98 Å². The van der Waals surface area contributed by atoms with E-state index in [9.17, 15) is 0 Å². The third-order valence-corrected chi connectivity index (χ3v) is 4.41. The van der Waals surface area contributed by atoms with Gasteiger partial charge in [0.05, 0.1) is 15.9 Å². The van der Waals surface area contributed by atoms with Crippen LogP contribution in [0.3, 0.4) is 0 Å².